The molecular formula is C15H26N2O4. The molecule has 0 spiro atoms. The molecule has 0 radical (unpaired) electrons. The molecule has 0 amide bonds. The van der Waals surface area contributed by atoms with E-state index in [0.29, 0.717) is 31.6 Å². The van der Waals surface area contributed by atoms with Gasteiger partial charge in [0.1, 0.15) is 18.1 Å². The summed E-state index contributed by atoms with van der Waals surface area (Å²) in [6, 6.07) is -0.240. The van der Waals surface area contributed by atoms with Crippen LogP contribution in [0.4, 0.5) is 0 Å². The fraction of sp³-hybridized carbons (Fsp3) is 0.800. The number of esters is 1. The van der Waals surface area contributed by atoms with E-state index in [1.165, 1.54) is 0 Å². The molecule has 1 saturated heterocycles. The van der Waals surface area contributed by atoms with Crippen molar-refractivity contribution in [2.45, 2.75) is 58.3 Å². The molecule has 1 aliphatic heterocycles. The number of ether oxygens (including phenoxy) is 2. The van der Waals surface area contributed by atoms with Crippen molar-refractivity contribution in [2.75, 3.05) is 19.7 Å². The van der Waals surface area contributed by atoms with Crippen LogP contribution in [0.15, 0.2) is 5.70 Å². The zero-order valence-corrected chi connectivity index (χ0v) is 13.3. The summed E-state index contributed by atoms with van der Waals surface area (Å²) < 4.78 is 10.8. The molecule has 0 aliphatic carbocycles. The molecule has 0 aromatic rings. The fourth-order valence-electron chi connectivity index (χ4n) is 2.32. The summed E-state index contributed by atoms with van der Waals surface area (Å²) in [6.45, 7) is 8.48. The lowest BCUT2D eigenvalue weighted by atomic mass is 10.0. The quantitative estimate of drug-likeness (QED) is 0.599. The Kier molecular flexibility index (Phi) is 6.40. The monoisotopic (exact) mass is 298 g/mol. The number of hydrogen-bond donors (Lipinski definition) is 1. The second-order valence-electron chi connectivity index (χ2n) is 6.24. The lowest BCUT2D eigenvalue weighted by molar-refractivity contribution is -0.163. The Labute approximate surface area is 126 Å². The summed E-state index contributed by atoms with van der Waals surface area (Å²) >= 11 is 0. The average molecular weight is 298 g/mol. The van der Waals surface area contributed by atoms with Gasteiger partial charge in [-0.25, -0.2) is 9.59 Å². The maximum absolute atomic E-state index is 11.6. The summed E-state index contributed by atoms with van der Waals surface area (Å²) in [4.78, 5) is 24.4. The molecule has 21 heavy (non-hydrogen) atoms. The maximum atomic E-state index is 11.6. The van der Waals surface area contributed by atoms with E-state index in [9.17, 15) is 9.59 Å². The Morgan fingerprint density at radius 1 is 1.43 bits per heavy atom. The van der Waals surface area contributed by atoms with Gasteiger partial charge in [-0.15, -0.1) is 0 Å². The van der Waals surface area contributed by atoms with Crippen LogP contribution in [0.5, 0.6) is 0 Å². The number of nitrogens with two attached hydrogens (primary N) is 1. The first-order valence-corrected chi connectivity index (χ1v) is 7.34. The van der Waals surface area contributed by atoms with Gasteiger partial charge in [0.2, 0.25) is 0 Å². The minimum Gasteiger partial charge on any atom is -0.458 e. The van der Waals surface area contributed by atoms with Gasteiger partial charge in [-0.2, -0.15) is 0 Å². The van der Waals surface area contributed by atoms with E-state index in [1.54, 1.807) is 0 Å². The van der Waals surface area contributed by atoms with Crippen LogP contribution in [0.25, 0.3) is 0 Å². The lowest BCUT2D eigenvalue weighted by Crippen LogP contribution is -2.52. The third-order valence-electron chi connectivity index (χ3n) is 3.26. The molecule has 6 nitrogen and oxygen atoms in total. The first kappa shape index (κ1) is 17.7. The van der Waals surface area contributed by atoms with Crippen LogP contribution in [-0.4, -0.2) is 54.3 Å². The van der Waals surface area contributed by atoms with Crippen LogP contribution < -0.4 is 5.73 Å². The number of likely N-dealkylation sites (tertiary alicyclic amines) is 1. The van der Waals surface area contributed by atoms with Gasteiger partial charge in [-0.05, 0) is 33.6 Å². The Bertz CT molecular complexity index is 410. The topological polar surface area (TPSA) is 81.9 Å². The van der Waals surface area contributed by atoms with E-state index in [1.807, 2.05) is 38.5 Å². The predicted octanol–water partition coefficient (Wildman–Crippen LogP) is 0.872. The van der Waals surface area contributed by atoms with E-state index in [-0.39, 0.29) is 24.7 Å². The van der Waals surface area contributed by atoms with Gasteiger partial charge >= 0.3 is 5.97 Å². The molecule has 0 bridgehead atoms. The molecule has 1 unspecified atom stereocenters. The first-order chi connectivity index (χ1) is 9.76. The Hall–Kier alpha value is -1.36. The summed E-state index contributed by atoms with van der Waals surface area (Å²) in [5, 5.41) is 0. The number of carbonyl (C=O) groups is 1. The molecule has 0 aromatic carbocycles. The lowest BCUT2D eigenvalue weighted by Gasteiger charge is -2.37. The van der Waals surface area contributed by atoms with Gasteiger partial charge in [0.05, 0.1) is 11.8 Å². The molecule has 2 atom stereocenters. The van der Waals surface area contributed by atoms with E-state index < -0.39 is 5.60 Å². The molecule has 6 heteroatoms. The Morgan fingerprint density at radius 2 is 2.10 bits per heavy atom. The summed E-state index contributed by atoms with van der Waals surface area (Å²) in [6.07, 6.45) is 1.12. The standard InChI is InChI=1S/C15H26N2O4/c1-5-11(9-18)17-7-6-13(12(16)8-17)20-10-14(19)21-15(2,3)4/h12-13H,5-8,10,16H2,1-4H3/t12?,13-/m0/s1. The van der Waals surface area contributed by atoms with Crippen molar-refractivity contribution < 1.29 is 19.1 Å². The second-order valence-corrected chi connectivity index (χ2v) is 6.24. The molecule has 2 N–H and O–H groups in total. The second kappa shape index (κ2) is 7.59. The zero-order chi connectivity index (χ0) is 16.0. The smallest absolute Gasteiger partial charge is 0.332 e. The zero-order valence-electron chi connectivity index (χ0n) is 13.3. The van der Waals surface area contributed by atoms with Crippen LogP contribution in [0, 0.1) is 0 Å². The molecule has 0 aromatic heterocycles. The summed E-state index contributed by atoms with van der Waals surface area (Å²) in [7, 11) is 0. The first-order valence-electron chi connectivity index (χ1n) is 7.34. The summed E-state index contributed by atoms with van der Waals surface area (Å²) in [5.74, 6) is 1.57. The molecule has 1 fully saturated rings. The number of allylic oxidation sites excluding steroid dienone is 1. The Balaban J connectivity index is 2.43. The van der Waals surface area contributed by atoms with E-state index >= 15 is 0 Å². The van der Waals surface area contributed by atoms with Gasteiger partial charge in [0, 0.05) is 19.1 Å². The molecule has 0 saturated carbocycles. The highest BCUT2D eigenvalue weighted by Crippen LogP contribution is 2.18. The summed E-state index contributed by atoms with van der Waals surface area (Å²) in [5.41, 5.74) is 6.19. The SMILES string of the molecule is CCC(=C=O)N1CC[C@H](OCC(=O)OC(C)(C)C)C(N)C1. The molecule has 1 rings (SSSR count). The molecule has 1 aliphatic rings. The predicted molar refractivity (Wildman–Crippen MR) is 79.2 cm³/mol. The highest BCUT2D eigenvalue weighted by Gasteiger charge is 2.29. The molecule has 1 heterocycles. The van der Waals surface area contributed by atoms with Crippen molar-refractivity contribution in [1.82, 2.24) is 4.90 Å². The third-order valence-corrected chi connectivity index (χ3v) is 3.26. The fourth-order valence-corrected chi connectivity index (χ4v) is 2.32. The molecular weight excluding hydrogens is 272 g/mol. The van der Waals surface area contributed by atoms with Crippen molar-refractivity contribution in [3.05, 3.63) is 5.70 Å². The highest BCUT2D eigenvalue weighted by atomic mass is 16.6. The largest absolute Gasteiger partial charge is 0.458 e. The average Bonchev–Trinajstić information content (AvgIpc) is 2.37. The van der Waals surface area contributed by atoms with Gasteiger partial charge in [0.25, 0.3) is 0 Å². The van der Waals surface area contributed by atoms with E-state index in [4.69, 9.17) is 15.2 Å². The maximum Gasteiger partial charge on any atom is 0.332 e. The minimum absolute atomic E-state index is 0.0974. The number of piperidine rings is 1. The van der Waals surface area contributed by atoms with E-state index in [2.05, 4.69) is 0 Å². The van der Waals surface area contributed by atoms with Crippen molar-refractivity contribution in [1.29, 1.82) is 0 Å². The van der Waals surface area contributed by atoms with Gasteiger partial charge in [-0.3, -0.25) is 0 Å². The minimum atomic E-state index is -0.517. The van der Waals surface area contributed by atoms with Crippen molar-refractivity contribution in [2.24, 2.45) is 5.73 Å². The number of rotatable bonds is 5. The number of carbonyl (C=O) groups excluding carboxylic acids is 2. The number of nitrogens with zero attached hydrogens (tertiary/aromatic N) is 1. The van der Waals surface area contributed by atoms with Crippen LogP contribution in [0.2, 0.25) is 0 Å². The van der Waals surface area contributed by atoms with Gasteiger partial charge in [-0.1, -0.05) is 6.92 Å². The van der Waals surface area contributed by atoms with Gasteiger partial charge < -0.3 is 20.1 Å². The van der Waals surface area contributed by atoms with E-state index in [0.717, 1.165) is 0 Å². The van der Waals surface area contributed by atoms with Crippen molar-refractivity contribution in [3.63, 3.8) is 0 Å². The highest BCUT2D eigenvalue weighted by molar-refractivity contribution is 5.71. The van der Waals surface area contributed by atoms with Gasteiger partial charge in [0.15, 0.2) is 0 Å². The number of hydrogen-bond acceptors (Lipinski definition) is 6. The van der Waals surface area contributed by atoms with Crippen LogP contribution in [0.1, 0.15) is 40.5 Å². The van der Waals surface area contributed by atoms with Crippen LogP contribution in [0.3, 0.4) is 0 Å². The molecule has 120 valence electrons. The van der Waals surface area contributed by atoms with Crippen LogP contribution in [-0.2, 0) is 19.1 Å². The van der Waals surface area contributed by atoms with Crippen LogP contribution >= 0.6 is 0 Å². The third kappa shape index (κ3) is 5.87. The normalized spacial score (nSPS) is 22.6. The Morgan fingerprint density at radius 3 is 2.57 bits per heavy atom. The van der Waals surface area contributed by atoms with Crippen molar-refractivity contribution in [3.8, 4) is 0 Å². The van der Waals surface area contributed by atoms with Crippen molar-refractivity contribution >= 4 is 11.9 Å².